The van der Waals surface area contributed by atoms with Crippen molar-refractivity contribution in [2.75, 3.05) is 5.73 Å². The number of hydrogen-bond acceptors (Lipinski definition) is 2. The summed E-state index contributed by atoms with van der Waals surface area (Å²) < 4.78 is 51.1. The Labute approximate surface area is 128 Å². The summed E-state index contributed by atoms with van der Waals surface area (Å²) in [6.07, 6.45) is -4.43. The molecule has 0 bridgehead atoms. The van der Waals surface area contributed by atoms with E-state index in [9.17, 15) is 17.6 Å². The van der Waals surface area contributed by atoms with E-state index in [0.717, 1.165) is 23.9 Å². The molecule has 0 saturated heterocycles. The molecule has 2 aromatic rings. The molecule has 112 valence electrons. The van der Waals surface area contributed by atoms with Gasteiger partial charge in [0.2, 0.25) is 0 Å². The first-order valence-electron chi connectivity index (χ1n) is 5.81. The van der Waals surface area contributed by atoms with Crippen molar-refractivity contribution in [2.45, 2.75) is 16.8 Å². The molecule has 0 saturated carbocycles. The Morgan fingerprint density at radius 3 is 2.38 bits per heavy atom. The molecular formula is C14H10ClF4NS. The molecule has 0 atom stereocenters. The van der Waals surface area contributed by atoms with E-state index in [4.69, 9.17) is 17.3 Å². The average Bonchev–Trinajstić information content (AvgIpc) is 2.38. The summed E-state index contributed by atoms with van der Waals surface area (Å²) in [5.74, 6) is -0.209. The highest BCUT2D eigenvalue weighted by molar-refractivity contribution is 7.98. The van der Waals surface area contributed by atoms with Gasteiger partial charge in [-0.05, 0) is 35.9 Å². The summed E-state index contributed by atoms with van der Waals surface area (Å²) in [5, 5.41) is 0.287. The van der Waals surface area contributed by atoms with Gasteiger partial charge in [-0.1, -0.05) is 17.7 Å². The van der Waals surface area contributed by atoms with Crippen LogP contribution in [-0.2, 0) is 11.9 Å². The molecule has 0 amide bonds. The second-order valence-electron chi connectivity index (χ2n) is 4.27. The molecule has 1 nitrogen and oxygen atoms in total. The van der Waals surface area contributed by atoms with E-state index in [1.807, 2.05) is 0 Å². The van der Waals surface area contributed by atoms with Gasteiger partial charge in [0, 0.05) is 21.4 Å². The van der Waals surface area contributed by atoms with Crippen molar-refractivity contribution >= 4 is 29.1 Å². The molecule has 7 heteroatoms. The summed E-state index contributed by atoms with van der Waals surface area (Å²) >= 11 is 6.81. The fraction of sp³-hybridized carbons (Fsp3) is 0.143. The third kappa shape index (κ3) is 4.04. The molecule has 0 unspecified atom stereocenters. The van der Waals surface area contributed by atoms with E-state index in [2.05, 4.69) is 0 Å². The number of rotatable bonds is 3. The van der Waals surface area contributed by atoms with Gasteiger partial charge in [-0.3, -0.25) is 0 Å². The zero-order valence-electron chi connectivity index (χ0n) is 10.5. The lowest BCUT2D eigenvalue weighted by atomic mass is 10.2. The first-order chi connectivity index (χ1) is 9.77. The number of nitrogen functional groups attached to an aromatic ring is 1. The summed E-state index contributed by atoms with van der Waals surface area (Å²) in [6.45, 7) is 0. The molecule has 0 heterocycles. The van der Waals surface area contributed by atoms with E-state index >= 15 is 0 Å². The number of thioether (sulfide) groups is 1. The minimum Gasteiger partial charge on any atom is -0.398 e. The minimum absolute atomic E-state index is 0.0178. The largest absolute Gasteiger partial charge is 0.416 e. The molecule has 2 N–H and O–H groups in total. The van der Waals surface area contributed by atoms with E-state index in [-0.39, 0.29) is 16.5 Å². The van der Waals surface area contributed by atoms with Gasteiger partial charge in [-0.25, -0.2) is 4.39 Å². The summed E-state index contributed by atoms with van der Waals surface area (Å²) in [6, 6.07) is 7.39. The highest BCUT2D eigenvalue weighted by Gasteiger charge is 2.30. The predicted octanol–water partition coefficient (Wildman–Crippen LogP) is 5.37. The van der Waals surface area contributed by atoms with Crippen molar-refractivity contribution in [1.82, 2.24) is 0 Å². The van der Waals surface area contributed by atoms with Crippen LogP contribution >= 0.6 is 23.4 Å². The fourth-order valence-corrected chi connectivity index (χ4v) is 2.74. The van der Waals surface area contributed by atoms with Crippen LogP contribution in [-0.4, -0.2) is 0 Å². The van der Waals surface area contributed by atoms with Crippen molar-refractivity contribution in [2.24, 2.45) is 0 Å². The van der Waals surface area contributed by atoms with Gasteiger partial charge in [-0.2, -0.15) is 13.2 Å². The Balaban J connectivity index is 2.13. The van der Waals surface area contributed by atoms with Gasteiger partial charge in [0.1, 0.15) is 5.82 Å². The normalized spacial score (nSPS) is 11.7. The summed E-state index contributed by atoms with van der Waals surface area (Å²) in [5.41, 5.74) is 5.23. The molecule has 0 radical (unpaired) electrons. The van der Waals surface area contributed by atoms with Gasteiger partial charge in [0.15, 0.2) is 0 Å². The monoisotopic (exact) mass is 335 g/mol. The van der Waals surface area contributed by atoms with E-state index in [1.54, 1.807) is 6.07 Å². The molecule has 0 aliphatic carbocycles. The highest BCUT2D eigenvalue weighted by atomic mass is 35.5. The second-order valence-corrected chi connectivity index (χ2v) is 5.73. The highest BCUT2D eigenvalue weighted by Crippen LogP contribution is 2.35. The minimum atomic E-state index is -4.43. The van der Waals surface area contributed by atoms with Crippen LogP contribution in [0.1, 0.15) is 11.1 Å². The first kappa shape index (κ1) is 16.0. The fourth-order valence-electron chi connectivity index (χ4n) is 1.65. The zero-order chi connectivity index (χ0) is 15.6. The Bertz CT molecular complexity index is 658. The average molecular weight is 336 g/mol. The van der Waals surface area contributed by atoms with Gasteiger partial charge in [-0.15, -0.1) is 11.8 Å². The molecule has 2 aromatic carbocycles. The molecule has 2 rings (SSSR count). The number of hydrogen-bond donors (Lipinski definition) is 1. The molecule has 21 heavy (non-hydrogen) atoms. The third-order valence-corrected chi connectivity index (χ3v) is 4.11. The Kier molecular flexibility index (Phi) is 4.68. The topological polar surface area (TPSA) is 26.0 Å². The summed E-state index contributed by atoms with van der Waals surface area (Å²) in [4.78, 5) is 0.470. The lowest BCUT2D eigenvalue weighted by Crippen LogP contribution is -2.05. The maximum atomic E-state index is 13.6. The maximum absolute atomic E-state index is 13.6. The van der Waals surface area contributed by atoms with E-state index in [0.29, 0.717) is 10.5 Å². The zero-order valence-corrected chi connectivity index (χ0v) is 12.1. The van der Waals surface area contributed by atoms with Crippen LogP contribution in [0.2, 0.25) is 5.02 Å². The first-order valence-corrected chi connectivity index (χ1v) is 7.17. The lowest BCUT2D eigenvalue weighted by Gasteiger charge is -2.11. The molecular weight excluding hydrogens is 326 g/mol. The number of anilines is 1. The third-order valence-electron chi connectivity index (χ3n) is 2.74. The van der Waals surface area contributed by atoms with Crippen molar-refractivity contribution in [1.29, 1.82) is 0 Å². The van der Waals surface area contributed by atoms with Gasteiger partial charge < -0.3 is 5.73 Å². The molecule has 0 aromatic heterocycles. The standard InChI is InChI=1S/C14H10ClF4NS/c15-10-3-1-8(11(16)6-10)7-21-13-4-2-9(5-12(13)20)14(17,18)19/h1-6H,7,20H2. The van der Waals surface area contributed by atoms with Crippen LogP contribution in [0.15, 0.2) is 41.3 Å². The van der Waals surface area contributed by atoms with Crippen molar-refractivity contribution in [3.8, 4) is 0 Å². The lowest BCUT2D eigenvalue weighted by molar-refractivity contribution is -0.137. The Morgan fingerprint density at radius 1 is 1.10 bits per heavy atom. The van der Waals surface area contributed by atoms with Crippen molar-refractivity contribution in [3.05, 3.63) is 58.4 Å². The second kappa shape index (κ2) is 6.15. The van der Waals surface area contributed by atoms with E-state index in [1.165, 1.54) is 18.2 Å². The number of benzene rings is 2. The van der Waals surface area contributed by atoms with Gasteiger partial charge in [0.05, 0.1) is 5.56 Å². The maximum Gasteiger partial charge on any atom is 0.416 e. The molecule has 0 fully saturated rings. The molecule has 0 aliphatic rings. The quantitative estimate of drug-likeness (QED) is 0.463. The smallest absolute Gasteiger partial charge is 0.398 e. The van der Waals surface area contributed by atoms with Crippen LogP contribution in [0.5, 0.6) is 0 Å². The molecule has 0 aliphatic heterocycles. The van der Waals surface area contributed by atoms with Crippen molar-refractivity contribution in [3.63, 3.8) is 0 Å². The van der Waals surface area contributed by atoms with Gasteiger partial charge >= 0.3 is 6.18 Å². The van der Waals surface area contributed by atoms with Crippen LogP contribution in [0, 0.1) is 5.82 Å². The number of nitrogens with two attached hydrogens (primary N) is 1. The van der Waals surface area contributed by atoms with Crippen molar-refractivity contribution < 1.29 is 17.6 Å². The van der Waals surface area contributed by atoms with Crippen LogP contribution < -0.4 is 5.73 Å². The number of alkyl halides is 3. The van der Waals surface area contributed by atoms with Crippen LogP contribution in [0.25, 0.3) is 0 Å². The number of halogens is 5. The Hall–Kier alpha value is -1.40. The van der Waals surface area contributed by atoms with Crippen LogP contribution in [0.3, 0.4) is 0 Å². The predicted molar refractivity (Wildman–Crippen MR) is 76.8 cm³/mol. The molecule has 0 spiro atoms. The Morgan fingerprint density at radius 2 is 1.81 bits per heavy atom. The SMILES string of the molecule is Nc1cc(C(F)(F)F)ccc1SCc1ccc(Cl)cc1F. The van der Waals surface area contributed by atoms with Gasteiger partial charge in [0.25, 0.3) is 0 Å². The van der Waals surface area contributed by atoms with E-state index < -0.39 is 17.6 Å². The summed E-state index contributed by atoms with van der Waals surface area (Å²) in [7, 11) is 0. The van der Waals surface area contributed by atoms with Crippen LogP contribution in [0.4, 0.5) is 23.2 Å².